The maximum absolute atomic E-state index is 13.0. The molecule has 2 fully saturated rings. The zero-order valence-electron chi connectivity index (χ0n) is 14.9. The van der Waals surface area contributed by atoms with Crippen molar-refractivity contribution in [3.63, 3.8) is 0 Å². The van der Waals surface area contributed by atoms with Gasteiger partial charge in [-0.3, -0.25) is 4.79 Å². The van der Waals surface area contributed by atoms with Crippen molar-refractivity contribution >= 4 is 15.9 Å². The van der Waals surface area contributed by atoms with Crippen molar-refractivity contribution in [3.05, 3.63) is 29.8 Å². The number of benzene rings is 1. The molecular formula is C18H27N3O3S. The molecule has 0 bridgehead atoms. The molecule has 1 aromatic rings. The number of likely N-dealkylation sites (N-methyl/N-ethyl adjacent to an activating group) is 1. The van der Waals surface area contributed by atoms with Crippen molar-refractivity contribution in [2.45, 2.75) is 49.6 Å². The molecule has 2 unspecified atom stereocenters. The van der Waals surface area contributed by atoms with E-state index in [9.17, 15) is 13.2 Å². The van der Waals surface area contributed by atoms with E-state index in [2.05, 4.69) is 5.32 Å². The first-order chi connectivity index (χ1) is 11.9. The number of nitrogens with zero attached hydrogens (tertiary/aromatic N) is 2. The summed E-state index contributed by atoms with van der Waals surface area (Å²) in [6.07, 6.45) is 3.33. The molecule has 2 aliphatic heterocycles. The lowest BCUT2D eigenvalue weighted by Crippen LogP contribution is -2.53. The van der Waals surface area contributed by atoms with Crippen LogP contribution in [0.5, 0.6) is 0 Å². The highest BCUT2D eigenvalue weighted by molar-refractivity contribution is 7.89. The van der Waals surface area contributed by atoms with E-state index in [1.54, 1.807) is 24.3 Å². The normalized spacial score (nSPS) is 25.3. The molecule has 2 atom stereocenters. The Morgan fingerprint density at radius 3 is 2.48 bits per heavy atom. The Balaban J connectivity index is 1.80. The lowest BCUT2D eigenvalue weighted by atomic mass is 10.0. The molecule has 1 N–H and O–H groups in total. The van der Waals surface area contributed by atoms with E-state index < -0.39 is 16.1 Å². The number of aryl methyl sites for hydroxylation is 1. The molecule has 138 valence electrons. The Bertz CT molecular complexity index is 718. The Hall–Kier alpha value is -1.44. The Morgan fingerprint density at radius 2 is 1.80 bits per heavy atom. The van der Waals surface area contributed by atoms with Crippen LogP contribution in [-0.4, -0.2) is 62.3 Å². The van der Waals surface area contributed by atoms with Gasteiger partial charge in [0.25, 0.3) is 0 Å². The summed E-state index contributed by atoms with van der Waals surface area (Å²) in [5.41, 5.74) is 1.01. The number of nitrogens with one attached hydrogen (secondary N) is 1. The van der Waals surface area contributed by atoms with E-state index >= 15 is 0 Å². The summed E-state index contributed by atoms with van der Waals surface area (Å²) in [5.74, 6) is -0.0480. The quantitative estimate of drug-likeness (QED) is 0.875. The highest BCUT2D eigenvalue weighted by Gasteiger charge is 2.41. The molecule has 1 aromatic carbocycles. The van der Waals surface area contributed by atoms with Gasteiger partial charge < -0.3 is 10.2 Å². The van der Waals surface area contributed by atoms with Crippen molar-refractivity contribution in [2.75, 3.05) is 26.7 Å². The maximum Gasteiger partial charge on any atom is 0.243 e. The van der Waals surface area contributed by atoms with Crippen LogP contribution in [0.1, 0.15) is 31.2 Å². The number of carbonyl (C=O) groups excluding carboxylic acids is 1. The van der Waals surface area contributed by atoms with Gasteiger partial charge in [-0.2, -0.15) is 4.31 Å². The number of carbonyl (C=O) groups is 1. The van der Waals surface area contributed by atoms with Gasteiger partial charge in [0.05, 0.1) is 4.90 Å². The first-order valence-electron chi connectivity index (χ1n) is 8.98. The van der Waals surface area contributed by atoms with Crippen LogP contribution in [0.3, 0.4) is 0 Å². The van der Waals surface area contributed by atoms with Crippen molar-refractivity contribution in [3.8, 4) is 0 Å². The van der Waals surface area contributed by atoms with Crippen LogP contribution in [0.2, 0.25) is 0 Å². The summed E-state index contributed by atoms with van der Waals surface area (Å²) in [4.78, 5) is 15.1. The average molecular weight is 365 g/mol. The number of hydrogen-bond donors (Lipinski definition) is 1. The van der Waals surface area contributed by atoms with E-state index in [1.807, 2.05) is 18.9 Å². The lowest BCUT2D eigenvalue weighted by molar-refractivity contribution is -0.136. The number of piperidine rings is 1. The highest BCUT2D eigenvalue weighted by atomic mass is 32.2. The van der Waals surface area contributed by atoms with Crippen LogP contribution in [0.25, 0.3) is 0 Å². The van der Waals surface area contributed by atoms with E-state index in [1.165, 1.54) is 4.31 Å². The van der Waals surface area contributed by atoms with Gasteiger partial charge in [0, 0.05) is 25.7 Å². The number of amides is 1. The van der Waals surface area contributed by atoms with Crippen molar-refractivity contribution in [2.24, 2.45) is 0 Å². The largest absolute Gasteiger partial charge is 0.340 e. The molecule has 2 heterocycles. The molecule has 6 nitrogen and oxygen atoms in total. The van der Waals surface area contributed by atoms with Crippen molar-refractivity contribution in [1.82, 2.24) is 14.5 Å². The van der Waals surface area contributed by atoms with E-state index in [4.69, 9.17) is 0 Å². The van der Waals surface area contributed by atoms with Gasteiger partial charge in [0.15, 0.2) is 0 Å². The van der Waals surface area contributed by atoms with Crippen LogP contribution in [0.15, 0.2) is 29.2 Å². The fourth-order valence-corrected chi connectivity index (χ4v) is 5.39. The SMILES string of the molecule is CNC1CCCN(C(=O)C2CCCN2S(=O)(=O)c2ccc(C)cc2)C1. The number of hydrogen-bond acceptors (Lipinski definition) is 4. The molecule has 0 aliphatic carbocycles. The van der Waals surface area contributed by atoms with Crippen LogP contribution in [0, 0.1) is 6.92 Å². The molecule has 0 aromatic heterocycles. The second kappa shape index (κ2) is 7.43. The zero-order chi connectivity index (χ0) is 18.0. The van der Waals surface area contributed by atoms with Crippen LogP contribution in [-0.2, 0) is 14.8 Å². The highest BCUT2D eigenvalue weighted by Crippen LogP contribution is 2.28. The molecule has 2 aliphatic rings. The lowest BCUT2D eigenvalue weighted by Gasteiger charge is -2.35. The van der Waals surface area contributed by atoms with Gasteiger partial charge in [0.2, 0.25) is 15.9 Å². The maximum atomic E-state index is 13.0. The summed E-state index contributed by atoms with van der Waals surface area (Å²) >= 11 is 0. The molecule has 25 heavy (non-hydrogen) atoms. The topological polar surface area (TPSA) is 69.7 Å². The third-order valence-corrected chi connectivity index (χ3v) is 7.18. The number of sulfonamides is 1. The van der Waals surface area contributed by atoms with E-state index in [0.717, 1.165) is 24.8 Å². The third kappa shape index (κ3) is 3.73. The second-order valence-corrected chi connectivity index (χ2v) is 8.89. The smallest absolute Gasteiger partial charge is 0.243 e. The molecular weight excluding hydrogens is 338 g/mol. The Morgan fingerprint density at radius 1 is 1.12 bits per heavy atom. The summed E-state index contributed by atoms with van der Waals surface area (Å²) in [5, 5.41) is 3.23. The van der Waals surface area contributed by atoms with Crippen molar-refractivity contribution in [1.29, 1.82) is 0 Å². The summed E-state index contributed by atoms with van der Waals surface area (Å²) in [7, 11) is -1.73. The molecule has 7 heteroatoms. The minimum Gasteiger partial charge on any atom is -0.340 e. The predicted octanol–water partition coefficient (Wildman–Crippen LogP) is 1.36. The van der Waals surface area contributed by atoms with Gasteiger partial charge in [-0.05, 0) is 51.8 Å². The third-order valence-electron chi connectivity index (χ3n) is 5.26. The van der Waals surface area contributed by atoms with Crippen molar-refractivity contribution < 1.29 is 13.2 Å². The molecule has 3 rings (SSSR count). The minimum absolute atomic E-state index is 0.0480. The molecule has 0 spiro atoms. The number of rotatable bonds is 4. The van der Waals surface area contributed by atoms with Gasteiger partial charge in [-0.15, -0.1) is 0 Å². The first-order valence-corrected chi connectivity index (χ1v) is 10.4. The fraction of sp³-hybridized carbons (Fsp3) is 0.611. The van der Waals surface area contributed by atoms with Gasteiger partial charge in [0.1, 0.15) is 6.04 Å². The van der Waals surface area contributed by atoms with Gasteiger partial charge >= 0.3 is 0 Å². The molecule has 0 radical (unpaired) electrons. The van der Waals surface area contributed by atoms with E-state index in [0.29, 0.717) is 32.1 Å². The molecule has 0 saturated carbocycles. The zero-order valence-corrected chi connectivity index (χ0v) is 15.8. The monoisotopic (exact) mass is 365 g/mol. The van der Waals surface area contributed by atoms with Crippen LogP contribution in [0.4, 0.5) is 0 Å². The van der Waals surface area contributed by atoms with Crippen LogP contribution >= 0.6 is 0 Å². The first kappa shape index (κ1) is 18.4. The fourth-order valence-electron chi connectivity index (χ4n) is 3.74. The van der Waals surface area contributed by atoms with E-state index in [-0.39, 0.29) is 10.8 Å². The predicted molar refractivity (Wildman–Crippen MR) is 96.8 cm³/mol. The number of likely N-dealkylation sites (tertiary alicyclic amines) is 1. The van der Waals surface area contributed by atoms with Gasteiger partial charge in [-0.1, -0.05) is 17.7 Å². The average Bonchev–Trinajstić information content (AvgIpc) is 3.12. The minimum atomic E-state index is -3.64. The van der Waals surface area contributed by atoms with Gasteiger partial charge in [-0.25, -0.2) is 8.42 Å². The Labute approximate surface area is 150 Å². The molecule has 1 amide bonds. The standard InChI is InChI=1S/C18H27N3O3S/c1-14-7-9-16(10-8-14)25(23,24)21-12-4-6-17(21)18(22)20-11-3-5-15(13-20)19-2/h7-10,15,17,19H,3-6,11-13H2,1-2H3. The Kier molecular flexibility index (Phi) is 5.46. The summed E-state index contributed by atoms with van der Waals surface area (Å²) < 4.78 is 27.4. The summed E-state index contributed by atoms with van der Waals surface area (Å²) in [6.45, 7) is 3.71. The second-order valence-electron chi connectivity index (χ2n) is 7.00. The van der Waals surface area contributed by atoms with Crippen LogP contribution < -0.4 is 5.32 Å². The molecule has 2 saturated heterocycles. The summed E-state index contributed by atoms with van der Waals surface area (Å²) in [6, 6.07) is 6.57.